The van der Waals surface area contributed by atoms with Crippen molar-refractivity contribution in [2.75, 3.05) is 19.3 Å². The maximum Gasteiger partial charge on any atom is 0.252 e. The quantitative estimate of drug-likeness (QED) is 0.458. The molecule has 0 radical (unpaired) electrons. The van der Waals surface area contributed by atoms with Gasteiger partial charge in [-0.15, -0.1) is 11.8 Å². The molecule has 2 aromatic carbocycles. The maximum absolute atomic E-state index is 13.2. The normalized spacial score (nSPS) is 18.2. The molecule has 1 saturated heterocycles. The molecule has 33 heavy (non-hydrogen) atoms. The Morgan fingerprint density at radius 1 is 1.21 bits per heavy atom. The zero-order valence-corrected chi connectivity index (χ0v) is 21.6. The van der Waals surface area contributed by atoms with E-state index in [1.54, 1.807) is 36.0 Å². The minimum Gasteiger partial charge on any atom is -0.316 e. The van der Waals surface area contributed by atoms with Crippen molar-refractivity contribution < 1.29 is 13.2 Å². The van der Waals surface area contributed by atoms with Gasteiger partial charge in [0.25, 0.3) is 5.91 Å². The van der Waals surface area contributed by atoms with Gasteiger partial charge >= 0.3 is 0 Å². The van der Waals surface area contributed by atoms with E-state index in [-0.39, 0.29) is 17.3 Å². The van der Waals surface area contributed by atoms with Gasteiger partial charge in [-0.2, -0.15) is 9.30 Å². The van der Waals surface area contributed by atoms with Crippen LogP contribution in [0.2, 0.25) is 0 Å². The Morgan fingerprint density at radius 3 is 2.67 bits per heavy atom. The van der Waals surface area contributed by atoms with E-state index in [0.717, 1.165) is 28.7 Å². The summed E-state index contributed by atoms with van der Waals surface area (Å²) in [6.45, 7) is 5.41. The second-order valence-electron chi connectivity index (χ2n) is 8.34. The number of sulfonamides is 1. The Kier molecular flexibility index (Phi) is 7.43. The van der Waals surface area contributed by atoms with Crippen LogP contribution in [0.5, 0.6) is 0 Å². The third-order valence-corrected chi connectivity index (χ3v) is 9.58. The summed E-state index contributed by atoms with van der Waals surface area (Å²) in [6, 6.07) is 13.2. The van der Waals surface area contributed by atoms with Gasteiger partial charge in [0.1, 0.15) is 0 Å². The van der Waals surface area contributed by atoms with Crippen LogP contribution < -0.4 is 4.80 Å². The number of carbonyl (C=O) groups excluding carboxylic acids is 1. The van der Waals surface area contributed by atoms with Gasteiger partial charge in [0.2, 0.25) is 10.0 Å². The van der Waals surface area contributed by atoms with E-state index in [0.29, 0.717) is 24.2 Å². The number of hydrogen-bond acceptors (Lipinski definition) is 5. The van der Waals surface area contributed by atoms with Crippen molar-refractivity contribution in [1.29, 1.82) is 0 Å². The standard InChI is InChI=1S/C24H29N3O3S3/c1-4-13-27-21-12-9-19(31-3)15-22(21)32-24(27)25-23(28)18-6-5-14-26(16-18)33(29,30)20-10-7-17(2)8-11-20/h7-12,15,18H,4-6,13-14,16H2,1-3H3. The molecule has 0 N–H and O–H groups in total. The lowest BCUT2D eigenvalue weighted by Gasteiger charge is -2.30. The van der Waals surface area contributed by atoms with Crippen LogP contribution in [0.1, 0.15) is 31.7 Å². The van der Waals surface area contributed by atoms with Crippen molar-refractivity contribution >= 4 is 49.2 Å². The molecule has 1 atom stereocenters. The van der Waals surface area contributed by atoms with Gasteiger partial charge < -0.3 is 4.57 Å². The van der Waals surface area contributed by atoms with E-state index in [4.69, 9.17) is 0 Å². The van der Waals surface area contributed by atoms with E-state index >= 15 is 0 Å². The predicted molar refractivity (Wildman–Crippen MR) is 135 cm³/mol. The van der Waals surface area contributed by atoms with Crippen molar-refractivity contribution in [3.8, 4) is 0 Å². The number of thiazole rings is 1. The first kappa shape index (κ1) is 24.2. The fraction of sp³-hybridized carbons (Fsp3) is 0.417. The smallest absolute Gasteiger partial charge is 0.252 e. The highest BCUT2D eigenvalue weighted by atomic mass is 32.2. The molecule has 1 unspecified atom stereocenters. The first-order valence-electron chi connectivity index (χ1n) is 11.2. The largest absolute Gasteiger partial charge is 0.316 e. The molecule has 4 rings (SSSR count). The third kappa shape index (κ3) is 5.11. The Hall–Kier alpha value is -1.94. The van der Waals surface area contributed by atoms with Gasteiger partial charge in [-0.05, 0) is 62.8 Å². The summed E-state index contributed by atoms with van der Waals surface area (Å²) >= 11 is 3.21. The monoisotopic (exact) mass is 503 g/mol. The van der Waals surface area contributed by atoms with Crippen LogP contribution in [-0.2, 0) is 21.4 Å². The first-order valence-corrected chi connectivity index (χ1v) is 14.6. The maximum atomic E-state index is 13.2. The molecule has 0 aliphatic carbocycles. The molecule has 2 heterocycles. The fourth-order valence-electron chi connectivity index (χ4n) is 4.11. The van der Waals surface area contributed by atoms with Gasteiger partial charge in [-0.3, -0.25) is 4.79 Å². The van der Waals surface area contributed by atoms with E-state index in [1.165, 1.54) is 20.5 Å². The number of fused-ring (bicyclic) bond motifs is 1. The summed E-state index contributed by atoms with van der Waals surface area (Å²) in [7, 11) is -3.63. The Labute approximate surface area is 203 Å². The van der Waals surface area contributed by atoms with E-state index < -0.39 is 15.9 Å². The Balaban J connectivity index is 1.62. The van der Waals surface area contributed by atoms with Crippen LogP contribution in [-0.4, -0.2) is 42.5 Å². The number of rotatable bonds is 6. The first-order chi connectivity index (χ1) is 15.8. The van der Waals surface area contributed by atoms with Crippen molar-refractivity contribution in [2.45, 2.75) is 49.4 Å². The minimum atomic E-state index is -3.63. The Morgan fingerprint density at radius 2 is 1.97 bits per heavy atom. The summed E-state index contributed by atoms with van der Waals surface area (Å²) in [6.07, 6.45) is 4.28. The summed E-state index contributed by atoms with van der Waals surface area (Å²) < 4.78 is 30.9. The molecule has 0 bridgehead atoms. The van der Waals surface area contributed by atoms with Crippen molar-refractivity contribution in [1.82, 2.24) is 8.87 Å². The summed E-state index contributed by atoms with van der Waals surface area (Å²) in [5.41, 5.74) is 2.09. The zero-order chi connectivity index (χ0) is 23.6. The molecule has 1 aromatic heterocycles. The highest BCUT2D eigenvalue weighted by Crippen LogP contribution is 2.26. The van der Waals surface area contributed by atoms with Gasteiger partial charge in [0.05, 0.1) is 21.0 Å². The topological polar surface area (TPSA) is 71.7 Å². The molecule has 1 amide bonds. The van der Waals surface area contributed by atoms with E-state index in [1.807, 2.05) is 13.2 Å². The van der Waals surface area contributed by atoms with E-state index in [9.17, 15) is 13.2 Å². The van der Waals surface area contributed by atoms with Crippen LogP contribution in [0.4, 0.5) is 0 Å². The number of piperidine rings is 1. The lowest BCUT2D eigenvalue weighted by molar-refractivity contribution is -0.122. The molecule has 0 saturated carbocycles. The van der Waals surface area contributed by atoms with E-state index in [2.05, 4.69) is 34.7 Å². The number of thioether (sulfide) groups is 1. The molecule has 1 aliphatic heterocycles. The van der Waals surface area contributed by atoms with Crippen LogP contribution in [0.3, 0.4) is 0 Å². The number of amides is 1. The molecular formula is C24H29N3O3S3. The van der Waals surface area contributed by atoms with Gasteiger partial charge in [-0.25, -0.2) is 8.42 Å². The zero-order valence-electron chi connectivity index (χ0n) is 19.2. The van der Waals surface area contributed by atoms with Crippen LogP contribution in [0.25, 0.3) is 10.2 Å². The lowest BCUT2D eigenvalue weighted by Crippen LogP contribution is -2.42. The molecule has 1 fully saturated rings. The number of aryl methyl sites for hydroxylation is 2. The predicted octanol–water partition coefficient (Wildman–Crippen LogP) is 4.67. The third-order valence-electron chi connectivity index (χ3n) is 5.94. The minimum absolute atomic E-state index is 0.174. The average molecular weight is 504 g/mol. The number of benzene rings is 2. The van der Waals surface area contributed by atoms with Crippen LogP contribution in [0.15, 0.2) is 57.2 Å². The summed E-state index contributed by atoms with van der Waals surface area (Å²) in [5, 5.41) is 0. The summed E-state index contributed by atoms with van der Waals surface area (Å²) in [5.74, 6) is -0.665. The van der Waals surface area contributed by atoms with Crippen LogP contribution in [0, 0.1) is 12.8 Å². The Bertz CT molecular complexity index is 1320. The highest BCUT2D eigenvalue weighted by molar-refractivity contribution is 7.98. The molecule has 6 nitrogen and oxygen atoms in total. The number of hydrogen-bond donors (Lipinski definition) is 0. The number of carbonyl (C=O) groups is 1. The molecule has 1 aliphatic rings. The van der Waals surface area contributed by atoms with Crippen molar-refractivity contribution in [2.24, 2.45) is 10.9 Å². The molecule has 176 valence electrons. The fourth-order valence-corrected chi connectivity index (χ4v) is 7.25. The SMILES string of the molecule is CCCn1c(=NC(=O)C2CCCN(S(=O)(=O)c3ccc(C)cc3)C2)sc2cc(SC)ccc21. The van der Waals surface area contributed by atoms with Crippen LogP contribution >= 0.6 is 23.1 Å². The lowest BCUT2D eigenvalue weighted by atomic mass is 9.99. The number of aromatic nitrogens is 1. The second kappa shape index (κ2) is 10.1. The van der Waals surface area contributed by atoms with Gasteiger partial charge in [-0.1, -0.05) is 36.0 Å². The molecule has 0 spiro atoms. The highest BCUT2D eigenvalue weighted by Gasteiger charge is 2.33. The van der Waals surface area contributed by atoms with Gasteiger partial charge in [0, 0.05) is 24.5 Å². The molecular weight excluding hydrogens is 474 g/mol. The molecule has 3 aromatic rings. The second-order valence-corrected chi connectivity index (χ2v) is 12.2. The van der Waals surface area contributed by atoms with Gasteiger partial charge in [0.15, 0.2) is 4.80 Å². The number of nitrogens with zero attached hydrogens (tertiary/aromatic N) is 3. The average Bonchev–Trinajstić information content (AvgIpc) is 3.15. The van der Waals surface area contributed by atoms with Crippen molar-refractivity contribution in [3.05, 3.63) is 52.8 Å². The summed E-state index contributed by atoms with van der Waals surface area (Å²) in [4.78, 5) is 19.8. The van der Waals surface area contributed by atoms with Crippen molar-refractivity contribution in [3.63, 3.8) is 0 Å². The molecule has 9 heteroatoms.